The fourth-order valence-electron chi connectivity index (χ4n) is 2.01. The number of nitrogens with zero attached hydrogens (tertiary/aromatic N) is 1. The monoisotopic (exact) mass is 326 g/mol. The molecule has 2 aromatic carbocycles. The van der Waals surface area contributed by atoms with E-state index < -0.39 is 0 Å². The fraction of sp³-hybridized carbons (Fsp3) is 0.263. The number of hydrogen-bond donors (Lipinski definition) is 1. The SMILES string of the molecule is COc1cccc(C(=O)NC(=NCc2ccccc2)OC(C)C)c1. The molecule has 24 heavy (non-hydrogen) atoms. The molecule has 0 radical (unpaired) electrons. The van der Waals surface area contributed by atoms with E-state index in [1.165, 1.54) is 0 Å². The third-order valence-corrected chi connectivity index (χ3v) is 3.15. The molecule has 0 heterocycles. The average molecular weight is 326 g/mol. The van der Waals surface area contributed by atoms with Crippen LogP contribution in [0.5, 0.6) is 5.75 Å². The summed E-state index contributed by atoms with van der Waals surface area (Å²) >= 11 is 0. The van der Waals surface area contributed by atoms with Crippen LogP contribution in [0, 0.1) is 0 Å². The van der Waals surface area contributed by atoms with Gasteiger partial charge in [-0.3, -0.25) is 10.1 Å². The highest BCUT2D eigenvalue weighted by Crippen LogP contribution is 2.12. The molecule has 0 fully saturated rings. The van der Waals surface area contributed by atoms with Crippen LogP contribution in [0.1, 0.15) is 29.8 Å². The molecule has 5 heteroatoms. The number of amides is 1. The molecular weight excluding hydrogens is 304 g/mol. The van der Waals surface area contributed by atoms with Crippen molar-refractivity contribution >= 4 is 11.9 Å². The Morgan fingerprint density at radius 1 is 1.12 bits per heavy atom. The van der Waals surface area contributed by atoms with Crippen LogP contribution in [0.2, 0.25) is 0 Å². The summed E-state index contributed by atoms with van der Waals surface area (Å²) in [5.41, 5.74) is 1.52. The summed E-state index contributed by atoms with van der Waals surface area (Å²) in [5.74, 6) is 0.330. The lowest BCUT2D eigenvalue weighted by molar-refractivity contribution is 0.0959. The Morgan fingerprint density at radius 2 is 1.88 bits per heavy atom. The summed E-state index contributed by atoms with van der Waals surface area (Å²) < 4.78 is 10.7. The summed E-state index contributed by atoms with van der Waals surface area (Å²) in [6.07, 6.45) is -0.0925. The maximum absolute atomic E-state index is 12.4. The minimum absolute atomic E-state index is 0.0925. The molecule has 0 spiro atoms. The Bertz CT molecular complexity index is 697. The predicted molar refractivity (Wildman–Crippen MR) is 94.3 cm³/mol. The van der Waals surface area contributed by atoms with Crippen molar-refractivity contribution in [2.45, 2.75) is 26.5 Å². The van der Waals surface area contributed by atoms with Crippen LogP contribution < -0.4 is 10.1 Å². The number of carbonyl (C=O) groups excluding carboxylic acids is 1. The van der Waals surface area contributed by atoms with Crippen LogP contribution in [0.25, 0.3) is 0 Å². The van der Waals surface area contributed by atoms with Crippen molar-refractivity contribution in [1.29, 1.82) is 0 Å². The van der Waals surface area contributed by atoms with Crippen LogP contribution >= 0.6 is 0 Å². The van der Waals surface area contributed by atoms with E-state index in [9.17, 15) is 4.79 Å². The van der Waals surface area contributed by atoms with Gasteiger partial charge in [-0.1, -0.05) is 36.4 Å². The number of nitrogens with one attached hydrogen (secondary N) is 1. The van der Waals surface area contributed by atoms with Crippen molar-refractivity contribution in [3.63, 3.8) is 0 Å². The van der Waals surface area contributed by atoms with Gasteiger partial charge in [0.15, 0.2) is 0 Å². The van der Waals surface area contributed by atoms with Crippen molar-refractivity contribution in [3.8, 4) is 5.75 Å². The molecule has 0 aromatic heterocycles. The highest BCUT2D eigenvalue weighted by Gasteiger charge is 2.12. The van der Waals surface area contributed by atoms with Gasteiger partial charge in [-0.2, -0.15) is 0 Å². The molecule has 0 unspecified atom stereocenters. The number of amidine groups is 1. The third kappa shape index (κ3) is 5.43. The first-order valence-electron chi connectivity index (χ1n) is 7.79. The molecule has 1 amide bonds. The van der Waals surface area contributed by atoms with E-state index in [1.54, 1.807) is 31.4 Å². The van der Waals surface area contributed by atoms with Gasteiger partial charge in [-0.25, -0.2) is 4.99 Å². The number of methoxy groups -OCH3 is 1. The Kier molecular flexibility index (Phi) is 6.37. The van der Waals surface area contributed by atoms with Crippen LogP contribution in [-0.2, 0) is 11.3 Å². The fourth-order valence-corrected chi connectivity index (χ4v) is 2.01. The number of aliphatic imine (C=N–C) groups is 1. The number of benzene rings is 2. The van der Waals surface area contributed by atoms with Crippen LogP contribution in [0.4, 0.5) is 0 Å². The highest BCUT2D eigenvalue weighted by atomic mass is 16.5. The Labute approximate surface area is 142 Å². The maximum Gasteiger partial charge on any atom is 0.292 e. The molecule has 2 aromatic rings. The van der Waals surface area contributed by atoms with Crippen molar-refractivity contribution in [1.82, 2.24) is 5.32 Å². The van der Waals surface area contributed by atoms with Gasteiger partial charge >= 0.3 is 0 Å². The van der Waals surface area contributed by atoms with Crippen molar-refractivity contribution < 1.29 is 14.3 Å². The molecule has 0 aliphatic carbocycles. The normalized spacial score (nSPS) is 11.2. The van der Waals surface area contributed by atoms with Crippen LogP contribution in [0.3, 0.4) is 0 Å². The standard InChI is InChI=1S/C19H22N2O3/c1-14(2)24-19(20-13-15-8-5-4-6-9-15)21-18(22)16-10-7-11-17(12-16)23-3/h4-12,14H,13H2,1-3H3,(H,20,21,22). The zero-order valence-electron chi connectivity index (χ0n) is 14.2. The molecular formula is C19H22N2O3. The first-order valence-corrected chi connectivity index (χ1v) is 7.79. The molecule has 1 N–H and O–H groups in total. The number of rotatable bonds is 5. The molecule has 5 nitrogen and oxygen atoms in total. The summed E-state index contributed by atoms with van der Waals surface area (Å²) in [6, 6.07) is 16.9. The lowest BCUT2D eigenvalue weighted by atomic mass is 10.2. The average Bonchev–Trinajstić information content (AvgIpc) is 2.60. The number of carbonyl (C=O) groups is 1. The van der Waals surface area contributed by atoms with Gasteiger partial charge in [-0.15, -0.1) is 0 Å². The van der Waals surface area contributed by atoms with E-state index in [4.69, 9.17) is 9.47 Å². The Balaban J connectivity index is 2.11. The van der Waals surface area contributed by atoms with Crippen molar-refractivity contribution in [2.24, 2.45) is 4.99 Å². The van der Waals surface area contributed by atoms with E-state index in [0.717, 1.165) is 5.56 Å². The van der Waals surface area contributed by atoms with E-state index >= 15 is 0 Å². The van der Waals surface area contributed by atoms with Gasteiger partial charge in [0.1, 0.15) is 5.75 Å². The minimum atomic E-state index is -0.290. The van der Waals surface area contributed by atoms with Crippen LogP contribution in [-0.4, -0.2) is 25.1 Å². The van der Waals surface area contributed by atoms with E-state index in [0.29, 0.717) is 17.9 Å². The second-order valence-corrected chi connectivity index (χ2v) is 5.46. The van der Waals surface area contributed by atoms with Crippen LogP contribution in [0.15, 0.2) is 59.6 Å². The zero-order chi connectivity index (χ0) is 17.4. The van der Waals surface area contributed by atoms with E-state index in [2.05, 4.69) is 10.3 Å². The molecule has 0 bridgehead atoms. The number of ether oxygens (including phenoxy) is 2. The largest absolute Gasteiger partial charge is 0.497 e. The predicted octanol–water partition coefficient (Wildman–Crippen LogP) is 3.41. The third-order valence-electron chi connectivity index (χ3n) is 3.15. The Hall–Kier alpha value is -2.82. The summed E-state index contributed by atoms with van der Waals surface area (Å²) in [6.45, 7) is 4.20. The summed E-state index contributed by atoms with van der Waals surface area (Å²) in [5, 5.41) is 2.72. The Morgan fingerprint density at radius 3 is 2.54 bits per heavy atom. The van der Waals surface area contributed by atoms with Gasteiger partial charge in [0.05, 0.1) is 19.8 Å². The van der Waals surface area contributed by atoms with Gasteiger partial charge < -0.3 is 9.47 Å². The lowest BCUT2D eigenvalue weighted by Crippen LogP contribution is -2.34. The highest BCUT2D eigenvalue weighted by molar-refractivity contribution is 6.04. The summed E-state index contributed by atoms with van der Waals surface area (Å²) in [4.78, 5) is 16.8. The smallest absolute Gasteiger partial charge is 0.292 e. The van der Waals surface area contributed by atoms with Crippen molar-refractivity contribution in [2.75, 3.05) is 7.11 Å². The van der Waals surface area contributed by atoms with Gasteiger partial charge in [0, 0.05) is 5.56 Å². The first kappa shape index (κ1) is 17.5. The molecule has 126 valence electrons. The first-order chi connectivity index (χ1) is 11.6. The summed E-state index contributed by atoms with van der Waals surface area (Å²) in [7, 11) is 1.56. The second-order valence-electron chi connectivity index (χ2n) is 5.46. The maximum atomic E-state index is 12.4. The lowest BCUT2D eigenvalue weighted by Gasteiger charge is -2.14. The van der Waals surface area contributed by atoms with E-state index in [-0.39, 0.29) is 18.0 Å². The minimum Gasteiger partial charge on any atom is -0.497 e. The molecule has 0 saturated carbocycles. The second kappa shape index (κ2) is 8.72. The van der Waals surface area contributed by atoms with Gasteiger partial charge in [0.25, 0.3) is 11.9 Å². The zero-order valence-corrected chi connectivity index (χ0v) is 14.2. The molecule has 2 rings (SSSR count). The van der Waals surface area contributed by atoms with Gasteiger partial charge in [-0.05, 0) is 37.6 Å². The molecule has 0 aliphatic rings. The van der Waals surface area contributed by atoms with Gasteiger partial charge in [0.2, 0.25) is 0 Å². The number of hydrogen-bond acceptors (Lipinski definition) is 4. The molecule has 0 atom stereocenters. The van der Waals surface area contributed by atoms with E-state index in [1.807, 2.05) is 44.2 Å². The topological polar surface area (TPSA) is 59.9 Å². The van der Waals surface area contributed by atoms with Crippen molar-refractivity contribution in [3.05, 3.63) is 65.7 Å². The quantitative estimate of drug-likeness (QED) is 0.676. The molecule has 0 saturated heterocycles. The molecule has 0 aliphatic heterocycles.